The number of carbonyl (C=O) groups excluding carboxylic acids is 3. The van der Waals surface area contributed by atoms with Gasteiger partial charge < -0.3 is 14.6 Å². The third-order valence-corrected chi connectivity index (χ3v) is 5.72. The smallest absolute Gasteiger partial charge is 0.338 e. The number of benzene rings is 3. The molecule has 0 aliphatic carbocycles. The Morgan fingerprint density at radius 1 is 0.943 bits per heavy atom. The van der Waals surface area contributed by atoms with Crippen LogP contribution >= 0.6 is 0 Å². The number of methoxy groups -OCH3 is 1. The lowest BCUT2D eigenvalue weighted by Crippen LogP contribution is -2.29. The van der Waals surface area contributed by atoms with Crippen molar-refractivity contribution in [3.63, 3.8) is 0 Å². The number of nitrogens with zero attached hydrogens (tertiary/aromatic N) is 1. The van der Waals surface area contributed by atoms with Gasteiger partial charge in [-0.15, -0.1) is 0 Å². The minimum atomic E-state index is -0.889. The van der Waals surface area contributed by atoms with Crippen molar-refractivity contribution in [2.24, 2.45) is 0 Å². The number of ether oxygens (including phenoxy) is 2. The van der Waals surface area contributed by atoms with E-state index in [0.717, 1.165) is 0 Å². The van der Waals surface area contributed by atoms with Gasteiger partial charge in [-0.05, 0) is 54.4 Å². The zero-order chi connectivity index (χ0) is 24.9. The summed E-state index contributed by atoms with van der Waals surface area (Å²) in [5.41, 5.74) is 1.59. The monoisotopic (exact) mass is 471 g/mol. The van der Waals surface area contributed by atoms with Crippen molar-refractivity contribution >= 4 is 29.1 Å². The van der Waals surface area contributed by atoms with Gasteiger partial charge in [0, 0.05) is 11.3 Å². The summed E-state index contributed by atoms with van der Waals surface area (Å²) in [7, 11) is 1.53. The van der Waals surface area contributed by atoms with E-state index in [1.165, 1.54) is 18.1 Å². The molecule has 1 saturated heterocycles. The first kappa shape index (κ1) is 23.8. The molecule has 1 unspecified atom stereocenters. The second-order valence-corrected chi connectivity index (χ2v) is 7.99. The van der Waals surface area contributed by atoms with Crippen molar-refractivity contribution in [2.75, 3.05) is 18.6 Å². The second-order valence-electron chi connectivity index (χ2n) is 7.99. The van der Waals surface area contributed by atoms with Gasteiger partial charge in [-0.3, -0.25) is 14.5 Å². The lowest BCUT2D eigenvalue weighted by atomic mass is 9.95. The molecule has 1 atom stereocenters. The SMILES string of the molecule is CCCOC(=O)c1cccc(N2C(=O)C(=O)/C(=C(/O)c3ccc(OC)cc3)C2c2ccccc2)c1. The molecule has 0 bridgehead atoms. The van der Waals surface area contributed by atoms with Crippen LogP contribution < -0.4 is 9.64 Å². The highest BCUT2D eigenvalue weighted by atomic mass is 16.5. The van der Waals surface area contributed by atoms with Crippen LogP contribution in [-0.2, 0) is 14.3 Å². The average Bonchev–Trinajstić information content (AvgIpc) is 3.17. The van der Waals surface area contributed by atoms with Crippen LogP contribution in [0.2, 0.25) is 0 Å². The number of hydrogen-bond acceptors (Lipinski definition) is 6. The van der Waals surface area contributed by atoms with Crippen molar-refractivity contribution in [2.45, 2.75) is 19.4 Å². The first-order valence-electron chi connectivity index (χ1n) is 11.2. The summed E-state index contributed by atoms with van der Waals surface area (Å²) >= 11 is 0. The van der Waals surface area contributed by atoms with Gasteiger partial charge in [-0.1, -0.05) is 43.3 Å². The van der Waals surface area contributed by atoms with Crippen LogP contribution in [0.1, 0.15) is 40.9 Å². The van der Waals surface area contributed by atoms with Crippen LogP contribution in [0.15, 0.2) is 84.4 Å². The van der Waals surface area contributed by atoms with E-state index >= 15 is 0 Å². The Bertz CT molecular complexity index is 1280. The van der Waals surface area contributed by atoms with Gasteiger partial charge in [0.1, 0.15) is 11.5 Å². The van der Waals surface area contributed by atoms with E-state index in [1.807, 2.05) is 13.0 Å². The molecule has 0 aromatic heterocycles. The molecule has 4 rings (SSSR count). The predicted molar refractivity (Wildman–Crippen MR) is 131 cm³/mol. The van der Waals surface area contributed by atoms with E-state index in [4.69, 9.17) is 9.47 Å². The Labute approximate surface area is 203 Å². The van der Waals surface area contributed by atoms with E-state index in [9.17, 15) is 19.5 Å². The van der Waals surface area contributed by atoms with Crippen LogP contribution in [0.5, 0.6) is 5.75 Å². The van der Waals surface area contributed by atoms with Crippen molar-refractivity contribution in [3.8, 4) is 5.75 Å². The number of anilines is 1. The Morgan fingerprint density at radius 3 is 2.31 bits per heavy atom. The molecule has 1 heterocycles. The highest BCUT2D eigenvalue weighted by Gasteiger charge is 2.47. The van der Waals surface area contributed by atoms with E-state index in [1.54, 1.807) is 66.7 Å². The topological polar surface area (TPSA) is 93.1 Å². The van der Waals surface area contributed by atoms with Gasteiger partial charge >= 0.3 is 5.97 Å². The van der Waals surface area contributed by atoms with Gasteiger partial charge in [-0.25, -0.2) is 4.79 Å². The van der Waals surface area contributed by atoms with Crippen molar-refractivity contribution < 1.29 is 29.0 Å². The van der Waals surface area contributed by atoms with Crippen molar-refractivity contribution in [3.05, 3.63) is 101 Å². The van der Waals surface area contributed by atoms with E-state index in [2.05, 4.69) is 0 Å². The molecule has 1 fully saturated rings. The van der Waals surface area contributed by atoms with Crippen LogP contribution in [0.4, 0.5) is 5.69 Å². The maximum atomic E-state index is 13.3. The molecule has 0 saturated carbocycles. The number of amides is 1. The average molecular weight is 472 g/mol. The quantitative estimate of drug-likeness (QED) is 0.228. The summed E-state index contributed by atoms with van der Waals surface area (Å²) in [6.45, 7) is 2.17. The Morgan fingerprint density at radius 2 is 1.66 bits per heavy atom. The van der Waals surface area contributed by atoms with Crippen LogP contribution in [-0.4, -0.2) is 36.5 Å². The largest absolute Gasteiger partial charge is 0.507 e. The maximum absolute atomic E-state index is 13.3. The molecule has 1 N–H and O–H groups in total. The fraction of sp³-hybridized carbons (Fsp3) is 0.179. The van der Waals surface area contributed by atoms with Crippen LogP contribution in [0.3, 0.4) is 0 Å². The van der Waals surface area contributed by atoms with Gasteiger partial charge in [0.15, 0.2) is 0 Å². The summed E-state index contributed by atoms with van der Waals surface area (Å²) < 4.78 is 10.4. The third kappa shape index (κ3) is 4.66. The number of rotatable bonds is 7. The van der Waals surface area contributed by atoms with Crippen molar-refractivity contribution in [1.82, 2.24) is 0 Å². The Balaban J connectivity index is 1.84. The fourth-order valence-corrected chi connectivity index (χ4v) is 4.01. The number of aliphatic hydroxyl groups is 1. The number of carbonyl (C=O) groups is 3. The van der Waals surface area contributed by atoms with Gasteiger partial charge in [-0.2, -0.15) is 0 Å². The van der Waals surface area contributed by atoms with Crippen LogP contribution in [0.25, 0.3) is 5.76 Å². The minimum absolute atomic E-state index is 0.0367. The van der Waals surface area contributed by atoms with E-state index < -0.39 is 23.7 Å². The summed E-state index contributed by atoms with van der Waals surface area (Å²) in [6, 6.07) is 21.0. The first-order valence-corrected chi connectivity index (χ1v) is 11.2. The van der Waals surface area contributed by atoms with E-state index in [0.29, 0.717) is 29.0 Å². The summed E-state index contributed by atoms with van der Waals surface area (Å²) in [5, 5.41) is 11.2. The lowest BCUT2D eigenvalue weighted by molar-refractivity contribution is -0.132. The minimum Gasteiger partial charge on any atom is -0.507 e. The molecule has 1 amide bonds. The molecule has 0 radical (unpaired) electrons. The first-order chi connectivity index (χ1) is 17.0. The summed E-state index contributed by atoms with van der Waals surface area (Å²) in [4.78, 5) is 40.3. The molecule has 7 heteroatoms. The molecule has 35 heavy (non-hydrogen) atoms. The molecule has 178 valence electrons. The van der Waals surface area contributed by atoms with Gasteiger partial charge in [0.25, 0.3) is 11.7 Å². The van der Waals surface area contributed by atoms with Crippen molar-refractivity contribution in [1.29, 1.82) is 0 Å². The number of hydrogen-bond donors (Lipinski definition) is 1. The number of aliphatic hydroxyl groups excluding tert-OH is 1. The molecule has 3 aromatic carbocycles. The zero-order valence-corrected chi connectivity index (χ0v) is 19.4. The van der Waals surface area contributed by atoms with Gasteiger partial charge in [0.05, 0.1) is 30.9 Å². The molecule has 1 aliphatic rings. The van der Waals surface area contributed by atoms with E-state index in [-0.39, 0.29) is 23.5 Å². The number of ketones is 1. The molecule has 3 aromatic rings. The fourth-order valence-electron chi connectivity index (χ4n) is 4.01. The standard InChI is InChI=1S/C28H25NO6/c1-3-16-35-28(33)20-10-7-11-21(17-20)29-24(18-8-5-4-6-9-18)23(26(31)27(29)32)25(30)19-12-14-22(34-2)15-13-19/h4-15,17,24,30H,3,16H2,1-2H3/b25-23+. The molecule has 1 aliphatic heterocycles. The number of esters is 1. The molecular formula is C28H25NO6. The normalized spacial score (nSPS) is 16.9. The molecule has 7 nitrogen and oxygen atoms in total. The van der Waals surface area contributed by atoms with Gasteiger partial charge in [0.2, 0.25) is 0 Å². The Kier molecular flexibility index (Phi) is 6.96. The van der Waals surface area contributed by atoms with Crippen LogP contribution in [0, 0.1) is 0 Å². The highest BCUT2D eigenvalue weighted by Crippen LogP contribution is 2.42. The second kappa shape index (κ2) is 10.3. The highest BCUT2D eigenvalue weighted by molar-refractivity contribution is 6.51. The summed E-state index contributed by atoms with van der Waals surface area (Å²) in [5.74, 6) is -1.83. The zero-order valence-electron chi connectivity index (χ0n) is 19.4. The molecular weight excluding hydrogens is 446 g/mol. The Hall–Kier alpha value is -4.39. The third-order valence-electron chi connectivity index (χ3n) is 5.72. The lowest BCUT2D eigenvalue weighted by Gasteiger charge is -2.25. The number of Topliss-reactive ketones (excluding diaryl/α,β-unsaturated/α-hetero) is 1. The maximum Gasteiger partial charge on any atom is 0.338 e. The predicted octanol–water partition coefficient (Wildman–Crippen LogP) is 4.89. The summed E-state index contributed by atoms with van der Waals surface area (Å²) in [6.07, 6.45) is 0.680. The molecule has 0 spiro atoms.